The summed E-state index contributed by atoms with van der Waals surface area (Å²) in [7, 11) is 1.62. The van der Waals surface area contributed by atoms with Crippen molar-refractivity contribution in [3.8, 4) is 11.4 Å². The molecule has 0 aliphatic carbocycles. The lowest BCUT2D eigenvalue weighted by Crippen LogP contribution is -2.10. The quantitative estimate of drug-likeness (QED) is 0.693. The van der Waals surface area contributed by atoms with E-state index in [1.165, 1.54) is 6.33 Å². The maximum Gasteiger partial charge on any atom is 0.172 e. The first kappa shape index (κ1) is 16.0. The van der Waals surface area contributed by atoms with Gasteiger partial charge in [0, 0.05) is 17.5 Å². The minimum Gasteiger partial charge on any atom is -0.494 e. The lowest BCUT2D eigenvalue weighted by Gasteiger charge is -2.13. The van der Waals surface area contributed by atoms with Gasteiger partial charge in [0.2, 0.25) is 0 Å². The molecule has 0 N–H and O–H groups in total. The summed E-state index contributed by atoms with van der Waals surface area (Å²) >= 11 is 6.19. The summed E-state index contributed by atoms with van der Waals surface area (Å²) in [4.78, 5) is 8.69. The van der Waals surface area contributed by atoms with Crippen LogP contribution < -0.4 is 4.74 Å². The van der Waals surface area contributed by atoms with Crippen molar-refractivity contribution in [1.29, 1.82) is 0 Å². The molecule has 0 saturated carbocycles. The number of rotatable bonds is 5. The third-order valence-corrected chi connectivity index (χ3v) is 4.35. The summed E-state index contributed by atoms with van der Waals surface area (Å²) in [5, 5.41) is 9.40. The van der Waals surface area contributed by atoms with E-state index in [4.69, 9.17) is 26.1 Å². The number of hydrogen-bond donors (Lipinski definition) is 0. The topological polar surface area (TPSA) is 79.9 Å². The van der Waals surface area contributed by atoms with Crippen molar-refractivity contribution in [3.63, 3.8) is 0 Å². The summed E-state index contributed by atoms with van der Waals surface area (Å²) in [5.74, 6) is 2.35. The fourth-order valence-electron chi connectivity index (χ4n) is 2.90. The van der Waals surface area contributed by atoms with Crippen molar-refractivity contribution < 1.29 is 9.47 Å². The van der Waals surface area contributed by atoms with Gasteiger partial charge in [-0.25, -0.2) is 19.3 Å². The lowest BCUT2D eigenvalue weighted by molar-refractivity contribution is 0.193. The largest absolute Gasteiger partial charge is 0.494 e. The molecule has 0 bridgehead atoms. The van der Waals surface area contributed by atoms with Gasteiger partial charge in [-0.1, -0.05) is 11.6 Å². The molecule has 0 amide bonds. The summed E-state index contributed by atoms with van der Waals surface area (Å²) in [6, 6.07) is 5.44. The van der Waals surface area contributed by atoms with Crippen LogP contribution in [0.4, 0.5) is 0 Å². The second kappa shape index (κ2) is 6.81. The molecule has 0 radical (unpaired) electrons. The van der Waals surface area contributed by atoms with Crippen LogP contribution in [0.1, 0.15) is 24.0 Å². The Morgan fingerprint density at radius 1 is 1.40 bits per heavy atom. The van der Waals surface area contributed by atoms with E-state index in [0.29, 0.717) is 29.7 Å². The molecule has 3 heterocycles. The lowest BCUT2D eigenvalue weighted by atomic mass is 10.1. The zero-order valence-electron chi connectivity index (χ0n) is 13.7. The molecule has 0 spiro atoms. The third kappa shape index (κ3) is 3.22. The van der Waals surface area contributed by atoms with Crippen LogP contribution in [0.15, 0.2) is 30.9 Å². The van der Waals surface area contributed by atoms with Gasteiger partial charge in [-0.15, -0.1) is 5.10 Å². The maximum atomic E-state index is 6.19. The number of nitrogens with zero attached hydrogens (tertiary/aromatic N) is 6. The number of halogens is 1. The zero-order chi connectivity index (χ0) is 17.2. The van der Waals surface area contributed by atoms with Crippen molar-refractivity contribution in [2.75, 3.05) is 20.3 Å². The van der Waals surface area contributed by atoms with E-state index in [1.807, 2.05) is 12.1 Å². The van der Waals surface area contributed by atoms with Gasteiger partial charge in [-0.3, -0.25) is 0 Å². The van der Waals surface area contributed by atoms with Gasteiger partial charge in [0.25, 0.3) is 0 Å². The Kier molecular flexibility index (Phi) is 4.37. The molecule has 1 fully saturated rings. The first-order valence-electron chi connectivity index (χ1n) is 7.94. The second-order valence-electron chi connectivity index (χ2n) is 5.77. The molecule has 1 aromatic carbocycles. The van der Waals surface area contributed by atoms with Gasteiger partial charge >= 0.3 is 0 Å². The van der Waals surface area contributed by atoms with Crippen LogP contribution in [0.25, 0.3) is 5.69 Å². The highest BCUT2D eigenvalue weighted by molar-refractivity contribution is 6.30. The van der Waals surface area contributed by atoms with E-state index in [9.17, 15) is 0 Å². The first-order chi connectivity index (χ1) is 12.2. The van der Waals surface area contributed by atoms with Crippen LogP contribution in [0.2, 0.25) is 5.02 Å². The smallest absolute Gasteiger partial charge is 0.172 e. The highest BCUT2D eigenvalue weighted by Crippen LogP contribution is 2.31. The molecule has 9 heteroatoms. The number of hydrogen-bond acceptors (Lipinski definition) is 6. The summed E-state index contributed by atoms with van der Waals surface area (Å²) < 4.78 is 14.5. The van der Waals surface area contributed by atoms with Gasteiger partial charge in [-0.2, -0.15) is 5.10 Å². The van der Waals surface area contributed by atoms with Crippen molar-refractivity contribution in [2.45, 2.75) is 18.9 Å². The van der Waals surface area contributed by atoms with E-state index in [2.05, 4.69) is 15.2 Å². The molecule has 130 valence electrons. The van der Waals surface area contributed by atoms with Gasteiger partial charge in [0.1, 0.15) is 36.5 Å². The van der Waals surface area contributed by atoms with E-state index in [1.54, 1.807) is 28.9 Å². The number of methoxy groups -OCH3 is 1. The maximum absolute atomic E-state index is 6.19. The fourth-order valence-corrected chi connectivity index (χ4v) is 3.07. The first-order valence-corrected chi connectivity index (χ1v) is 8.32. The minimum absolute atomic E-state index is 0.181. The Labute approximate surface area is 149 Å². The van der Waals surface area contributed by atoms with Gasteiger partial charge < -0.3 is 9.47 Å². The van der Waals surface area contributed by atoms with E-state index < -0.39 is 0 Å². The Morgan fingerprint density at radius 3 is 3.04 bits per heavy atom. The van der Waals surface area contributed by atoms with Crippen LogP contribution in [0.3, 0.4) is 0 Å². The van der Waals surface area contributed by atoms with Crippen molar-refractivity contribution in [2.24, 2.45) is 0 Å². The van der Waals surface area contributed by atoms with Gasteiger partial charge in [-0.05, 0) is 24.6 Å². The molecular weight excluding hydrogens is 344 g/mol. The summed E-state index contributed by atoms with van der Waals surface area (Å²) in [5.41, 5.74) is 0.759. The molecule has 3 aromatic rings. The molecule has 1 atom stereocenters. The van der Waals surface area contributed by atoms with Crippen LogP contribution in [0.5, 0.6) is 5.75 Å². The van der Waals surface area contributed by atoms with E-state index >= 15 is 0 Å². The third-order valence-electron chi connectivity index (χ3n) is 4.11. The minimum atomic E-state index is 0.181. The van der Waals surface area contributed by atoms with Crippen molar-refractivity contribution in [1.82, 2.24) is 29.5 Å². The summed E-state index contributed by atoms with van der Waals surface area (Å²) in [6.45, 7) is 1.80. The molecule has 1 saturated heterocycles. The SMILES string of the molecule is COc1ccc(Cl)cc1-n1nc(Cn2cncn2)nc1[C@@H]1CCOC1. The van der Waals surface area contributed by atoms with Crippen molar-refractivity contribution >= 4 is 11.6 Å². The van der Waals surface area contributed by atoms with Crippen LogP contribution in [0, 0.1) is 0 Å². The normalized spacial score (nSPS) is 17.1. The number of aromatic nitrogens is 6. The molecule has 8 nitrogen and oxygen atoms in total. The molecule has 2 aromatic heterocycles. The fraction of sp³-hybridized carbons (Fsp3) is 0.375. The number of benzene rings is 1. The Bertz CT molecular complexity index is 858. The Morgan fingerprint density at radius 2 is 2.32 bits per heavy atom. The second-order valence-corrected chi connectivity index (χ2v) is 6.20. The molecule has 25 heavy (non-hydrogen) atoms. The summed E-state index contributed by atoms with van der Waals surface area (Å²) in [6.07, 6.45) is 4.03. The highest BCUT2D eigenvalue weighted by Gasteiger charge is 2.26. The van der Waals surface area contributed by atoms with Gasteiger partial charge in [0.05, 0.1) is 13.7 Å². The average molecular weight is 361 g/mol. The van der Waals surface area contributed by atoms with Crippen LogP contribution >= 0.6 is 11.6 Å². The van der Waals surface area contributed by atoms with Crippen LogP contribution in [-0.4, -0.2) is 49.9 Å². The van der Waals surface area contributed by atoms with E-state index in [-0.39, 0.29) is 5.92 Å². The highest BCUT2D eigenvalue weighted by atomic mass is 35.5. The zero-order valence-corrected chi connectivity index (χ0v) is 14.4. The van der Waals surface area contributed by atoms with E-state index in [0.717, 1.165) is 24.5 Å². The number of ether oxygens (including phenoxy) is 2. The van der Waals surface area contributed by atoms with Crippen molar-refractivity contribution in [3.05, 3.63) is 47.5 Å². The monoisotopic (exact) mass is 360 g/mol. The molecule has 4 rings (SSSR count). The predicted molar refractivity (Wildman–Crippen MR) is 90.2 cm³/mol. The average Bonchev–Trinajstić information content (AvgIpc) is 3.36. The molecule has 1 aliphatic rings. The Balaban J connectivity index is 1.79. The molecule has 0 unspecified atom stereocenters. The Hall–Kier alpha value is -2.45. The van der Waals surface area contributed by atoms with Crippen LogP contribution in [-0.2, 0) is 11.3 Å². The standard InChI is InChI=1S/C16H17ClN6O2/c1-24-14-3-2-12(17)6-13(14)23-16(11-4-5-25-8-11)20-15(21-23)7-22-10-18-9-19-22/h2-3,6,9-11H,4-5,7-8H2,1H3/t11-/m1/s1. The molecule has 1 aliphatic heterocycles. The van der Waals surface area contributed by atoms with Gasteiger partial charge in [0.15, 0.2) is 5.82 Å². The predicted octanol–water partition coefficient (Wildman–Crippen LogP) is 2.07. The molecular formula is C16H17ClN6O2.